The summed E-state index contributed by atoms with van der Waals surface area (Å²) in [6.07, 6.45) is 5.16. The third kappa shape index (κ3) is 3.71. The van der Waals surface area contributed by atoms with E-state index in [4.69, 9.17) is 0 Å². The highest BCUT2D eigenvalue weighted by Crippen LogP contribution is 2.25. The van der Waals surface area contributed by atoms with Crippen LogP contribution in [0.4, 0.5) is 5.69 Å². The van der Waals surface area contributed by atoms with Gasteiger partial charge >= 0.3 is 0 Å². The van der Waals surface area contributed by atoms with E-state index in [0.717, 1.165) is 13.0 Å². The van der Waals surface area contributed by atoms with Gasteiger partial charge in [-0.15, -0.1) is 0 Å². The van der Waals surface area contributed by atoms with Gasteiger partial charge in [0.05, 0.1) is 11.9 Å². The van der Waals surface area contributed by atoms with Crippen LogP contribution in [0.5, 0.6) is 0 Å². The number of rotatable bonds is 5. The first-order chi connectivity index (χ1) is 10.0. The van der Waals surface area contributed by atoms with Crippen LogP contribution in [0.15, 0.2) is 6.20 Å². The molecule has 1 fully saturated rings. The van der Waals surface area contributed by atoms with Crippen molar-refractivity contribution in [2.45, 2.75) is 58.9 Å². The van der Waals surface area contributed by atoms with E-state index in [9.17, 15) is 4.79 Å². The van der Waals surface area contributed by atoms with Crippen LogP contribution in [0.3, 0.4) is 0 Å². The Bertz CT molecular complexity index is 501. The second-order valence-corrected chi connectivity index (χ2v) is 6.16. The highest BCUT2D eigenvalue weighted by molar-refractivity contribution is 5.97. The van der Waals surface area contributed by atoms with Crippen molar-refractivity contribution in [1.29, 1.82) is 0 Å². The number of hydrogen-bond donors (Lipinski definition) is 2. The molecule has 0 bridgehead atoms. The average Bonchev–Trinajstić information content (AvgIpc) is 2.84. The zero-order chi connectivity index (χ0) is 15.4. The van der Waals surface area contributed by atoms with E-state index < -0.39 is 0 Å². The lowest BCUT2D eigenvalue weighted by atomic mass is 10.1. The van der Waals surface area contributed by atoms with Gasteiger partial charge < -0.3 is 10.6 Å². The predicted octanol–water partition coefficient (Wildman–Crippen LogP) is 2.95. The van der Waals surface area contributed by atoms with Crippen molar-refractivity contribution in [2.75, 3.05) is 11.9 Å². The summed E-state index contributed by atoms with van der Waals surface area (Å²) in [6.45, 7) is 9.00. The van der Waals surface area contributed by atoms with E-state index in [1.54, 1.807) is 6.20 Å². The molecule has 5 nitrogen and oxygen atoms in total. The zero-order valence-corrected chi connectivity index (χ0v) is 13.4. The minimum atomic E-state index is -0.0889. The molecule has 2 atom stereocenters. The summed E-state index contributed by atoms with van der Waals surface area (Å²) in [7, 11) is 0. The molecule has 2 rings (SSSR count). The van der Waals surface area contributed by atoms with Gasteiger partial charge in [-0.3, -0.25) is 4.79 Å². The molecule has 1 heterocycles. The molecular formula is C16H26N4O. The molecule has 1 aliphatic carbocycles. The minimum absolute atomic E-state index is 0.0889. The van der Waals surface area contributed by atoms with Crippen molar-refractivity contribution in [2.24, 2.45) is 5.92 Å². The Morgan fingerprint density at radius 1 is 1.43 bits per heavy atom. The van der Waals surface area contributed by atoms with Gasteiger partial charge in [-0.2, -0.15) is 0 Å². The van der Waals surface area contributed by atoms with Crippen molar-refractivity contribution in [3.8, 4) is 0 Å². The van der Waals surface area contributed by atoms with E-state index in [2.05, 4.69) is 27.5 Å². The summed E-state index contributed by atoms with van der Waals surface area (Å²) in [5.74, 6) is 1.37. The molecule has 0 radical (unpaired) electrons. The molecule has 21 heavy (non-hydrogen) atoms. The molecule has 0 saturated heterocycles. The van der Waals surface area contributed by atoms with Crippen molar-refractivity contribution in [1.82, 2.24) is 15.3 Å². The highest BCUT2D eigenvalue weighted by atomic mass is 16.2. The van der Waals surface area contributed by atoms with Gasteiger partial charge in [-0.25, -0.2) is 9.97 Å². The molecule has 1 saturated carbocycles. The number of amides is 1. The molecule has 1 aromatic rings. The van der Waals surface area contributed by atoms with Crippen molar-refractivity contribution >= 4 is 11.6 Å². The van der Waals surface area contributed by atoms with Crippen molar-refractivity contribution < 1.29 is 4.79 Å². The third-order valence-electron chi connectivity index (χ3n) is 4.08. The van der Waals surface area contributed by atoms with Crippen LogP contribution >= 0.6 is 0 Å². The molecule has 2 unspecified atom stereocenters. The number of aromatic nitrogens is 2. The van der Waals surface area contributed by atoms with Gasteiger partial charge in [0.25, 0.3) is 5.91 Å². The molecule has 1 amide bonds. The summed E-state index contributed by atoms with van der Waals surface area (Å²) in [4.78, 5) is 21.4. The Kier molecular flexibility index (Phi) is 5.15. The molecule has 1 aromatic heterocycles. The first kappa shape index (κ1) is 15.7. The topological polar surface area (TPSA) is 66.9 Å². The molecule has 5 heteroatoms. The van der Waals surface area contributed by atoms with Gasteiger partial charge in [0.2, 0.25) is 0 Å². The number of nitrogens with zero attached hydrogens (tertiary/aromatic N) is 2. The Balaban J connectivity index is 2.22. The van der Waals surface area contributed by atoms with E-state index in [1.807, 2.05) is 20.8 Å². The van der Waals surface area contributed by atoms with E-state index in [-0.39, 0.29) is 17.9 Å². The lowest BCUT2D eigenvalue weighted by Gasteiger charge is -2.18. The van der Waals surface area contributed by atoms with Crippen LogP contribution in [-0.4, -0.2) is 28.5 Å². The summed E-state index contributed by atoms with van der Waals surface area (Å²) < 4.78 is 0. The van der Waals surface area contributed by atoms with Crippen LogP contribution in [0.2, 0.25) is 0 Å². The Hall–Kier alpha value is -1.65. The third-order valence-corrected chi connectivity index (χ3v) is 4.08. The second-order valence-electron chi connectivity index (χ2n) is 6.16. The molecule has 116 valence electrons. The van der Waals surface area contributed by atoms with Crippen molar-refractivity contribution in [3.05, 3.63) is 17.7 Å². The number of carbonyl (C=O) groups excluding carboxylic acids is 1. The second kappa shape index (κ2) is 6.87. The number of anilines is 1. The fourth-order valence-corrected chi connectivity index (χ4v) is 2.76. The number of carbonyl (C=O) groups is 1. The maximum atomic E-state index is 12.6. The Morgan fingerprint density at radius 3 is 2.76 bits per heavy atom. The first-order valence-corrected chi connectivity index (χ1v) is 7.94. The number of nitrogens with one attached hydrogen (secondary N) is 2. The van der Waals surface area contributed by atoms with E-state index in [0.29, 0.717) is 23.1 Å². The fourth-order valence-electron chi connectivity index (χ4n) is 2.76. The van der Waals surface area contributed by atoms with Crippen LogP contribution in [-0.2, 0) is 0 Å². The largest absolute Gasteiger partial charge is 0.382 e. The monoisotopic (exact) mass is 290 g/mol. The summed E-state index contributed by atoms with van der Waals surface area (Å²) in [5.41, 5.74) is 1.18. The highest BCUT2D eigenvalue weighted by Gasteiger charge is 2.26. The Labute approximate surface area is 127 Å². The average molecular weight is 290 g/mol. The number of hydrogen-bond acceptors (Lipinski definition) is 4. The van der Waals surface area contributed by atoms with Gasteiger partial charge in [0, 0.05) is 18.5 Å². The van der Waals surface area contributed by atoms with Crippen LogP contribution < -0.4 is 10.6 Å². The van der Waals surface area contributed by atoms with E-state index in [1.165, 1.54) is 12.8 Å². The summed E-state index contributed by atoms with van der Waals surface area (Å²) in [5, 5.41) is 6.31. The summed E-state index contributed by atoms with van der Waals surface area (Å²) >= 11 is 0. The van der Waals surface area contributed by atoms with E-state index >= 15 is 0 Å². The lowest BCUT2D eigenvalue weighted by molar-refractivity contribution is 0.0925. The molecule has 0 spiro atoms. The molecule has 2 N–H and O–H groups in total. The maximum absolute atomic E-state index is 12.6. The quantitative estimate of drug-likeness (QED) is 0.875. The smallest absolute Gasteiger partial charge is 0.272 e. The normalized spacial score (nSPS) is 21.6. The van der Waals surface area contributed by atoms with Crippen LogP contribution in [0.25, 0.3) is 0 Å². The molecule has 0 aromatic carbocycles. The Morgan fingerprint density at radius 2 is 2.19 bits per heavy atom. The standard InChI is InChI=1S/C16H26N4O/c1-5-17-13-9-18-15(10(2)3)20-14(13)16(21)19-12-8-6-7-11(12)4/h9-12,17H,5-8H2,1-4H3,(H,19,21). The lowest BCUT2D eigenvalue weighted by Crippen LogP contribution is -2.37. The van der Waals surface area contributed by atoms with Gasteiger partial charge in [0.1, 0.15) is 5.82 Å². The summed E-state index contributed by atoms with van der Waals surface area (Å²) in [6, 6.07) is 0.268. The van der Waals surface area contributed by atoms with Crippen LogP contribution in [0.1, 0.15) is 69.2 Å². The zero-order valence-electron chi connectivity index (χ0n) is 13.4. The molecule has 1 aliphatic rings. The van der Waals surface area contributed by atoms with Gasteiger partial charge in [0.15, 0.2) is 5.69 Å². The molecular weight excluding hydrogens is 264 g/mol. The minimum Gasteiger partial charge on any atom is -0.382 e. The van der Waals surface area contributed by atoms with Crippen LogP contribution in [0, 0.1) is 5.92 Å². The SMILES string of the molecule is CCNc1cnc(C(C)C)nc1C(=O)NC1CCCC1C. The van der Waals surface area contributed by atoms with Gasteiger partial charge in [-0.1, -0.05) is 27.2 Å². The first-order valence-electron chi connectivity index (χ1n) is 7.94. The predicted molar refractivity (Wildman–Crippen MR) is 84.6 cm³/mol. The molecule has 0 aliphatic heterocycles. The van der Waals surface area contributed by atoms with Crippen molar-refractivity contribution in [3.63, 3.8) is 0 Å². The fraction of sp³-hybridized carbons (Fsp3) is 0.688. The van der Waals surface area contributed by atoms with Gasteiger partial charge in [-0.05, 0) is 25.7 Å². The maximum Gasteiger partial charge on any atom is 0.272 e.